The molecule has 132 valence electrons. The maximum absolute atomic E-state index is 13.8. The van der Waals surface area contributed by atoms with E-state index in [0.717, 1.165) is 0 Å². The third-order valence-corrected chi connectivity index (χ3v) is 3.54. The molecular weight excluding hydrogens is 337 g/mol. The molecule has 0 atom stereocenters. The number of pyridine rings is 2. The number of nitrogens with zero attached hydrogens (tertiary/aromatic N) is 2. The zero-order chi connectivity index (χ0) is 18.4. The highest BCUT2D eigenvalue weighted by Crippen LogP contribution is 2.25. The SMILES string of the molecule is COc1ncccc1C(=O)NCc1cccnc1Oc1ccccc1F. The average molecular weight is 353 g/mol. The van der Waals surface area contributed by atoms with Gasteiger partial charge in [0.1, 0.15) is 5.56 Å². The first-order valence-corrected chi connectivity index (χ1v) is 7.82. The number of aromatic nitrogens is 2. The number of halogens is 1. The third kappa shape index (κ3) is 3.94. The number of rotatable bonds is 6. The first-order valence-electron chi connectivity index (χ1n) is 7.82. The molecule has 1 aromatic carbocycles. The van der Waals surface area contributed by atoms with Gasteiger partial charge in [-0.25, -0.2) is 14.4 Å². The highest BCUT2D eigenvalue weighted by Gasteiger charge is 2.14. The van der Waals surface area contributed by atoms with Gasteiger partial charge in [-0.05, 0) is 30.3 Å². The molecular formula is C19H16FN3O3. The van der Waals surface area contributed by atoms with Crippen LogP contribution in [0.1, 0.15) is 15.9 Å². The number of benzene rings is 1. The van der Waals surface area contributed by atoms with E-state index in [1.54, 1.807) is 36.4 Å². The maximum Gasteiger partial charge on any atom is 0.257 e. The predicted octanol–water partition coefficient (Wildman–Crippen LogP) is 3.35. The largest absolute Gasteiger partial charge is 0.480 e. The summed E-state index contributed by atoms with van der Waals surface area (Å²) in [5.41, 5.74) is 0.919. The summed E-state index contributed by atoms with van der Waals surface area (Å²) in [5, 5.41) is 2.76. The van der Waals surface area contributed by atoms with E-state index in [1.165, 1.54) is 31.6 Å². The minimum Gasteiger partial charge on any atom is -0.480 e. The predicted molar refractivity (Wildman–Crippen MR) is 92.7 cm³/mol. The van der Waals surface area contributed by atoms with E-state index < -0.39 is 5.82 Å². The molecule has 6 nitrogen and oxygen atoms in total. The van der Waals surface area contributed by atoms with Crippen LogP contribution >= 0.6 is 0 Å². The Kier molecular flexibility index (Phi) is 5.38. The first kappa shape index (κ1) is 17.3. The fourth-order valence-electron chi connectivity index (χ4n) is 2.28. The quantitative estimate of drug-likeness (QED) is 0.736. The van der Waals surface area contributed by atoms with Crippen LogP contribution in [0.3, 0.4) is 0 Å². The van der Waals surface area contributed by atoms with Crippen molar-refractivity contribution in [2.45, 2.75) is 6.54 Å². The van der Waals surface area contributed by atoms with Crippen molar-refractivity contribution >= 4 is 5.91 Å². The second-order valence-corrected chi connectivity index (χ2v) is 5.24. The number of carbonyl (C=O) groups excluding carboxylic acids is 1. The van der Waals surface area contributed by atoms with E-state index >= 15 is 0 Å². The van der Waals surface area contributed by atoms with Gasteiger partial charge in [0, 0.05) is 24.5 Å². The van der Waals surface area contributed by atoms with Gasteiger partial charge in [0.2, 0.25) is 11.8 Å². The second kappa shape index (κ2) is 8.06. The summed E-state index contributed by atoms with van der Waals surface area (Å²) < 4.78 is 24.4. The maximum atomic E-state index is 13.8. The van der Waals surface area contributed by atoms with Crippen LogP contribution in [-0.4, -0.2) is 23.0 Å². The molecule has 0 aliphatic heterocycles. The summed E-state index contributed by atoms with van der Waals surface area (Å²) in [7, 11) is 1.45. The smallest absolute Gasteiger partial charge is 0.257 e. The lowest BCUT2D eigenvalue weighted by molar-refractivity contribution is 0.0947. The second-order valence-electron chi connectivity index (χ2n) is 5.24. The summed E-state index contributed by atoms with van der Waals surface area (Å²) in [4.78, 5) is 20.5. The standard InChI is InChI=1S/C19H16FN3O3/c1-25-19-14(7-5-11-22-19)17(24)23-12-13-6-4-10-21-18(13)26-16-9-3-2-8-15(16)20/h2-11H,12H2,1H3,(H,23,24). The van der Waals surface area contributed by atoms with E-state index in [9.17, 15) is 9.18 Å². The molecule has 0 saturated heterocycles. The molecule has 0 radical (unpaired) electrons. The molecule has 0 aliphatic rings. The van der Waals surface area contributed by atoms with Crippen molar-refractivity contribution in [3.8, 4) is 17.5 Å². The molecule has 0 unspecified atom stereocenters. The van der Waals surface area contributed by atoms with Crippen LogP contribution in [-0.2, 0) is 6.54 Å². The lowest BCUT2D eigenvalue weighted by atomic mass is 10.2. The van der Waals surface area contributed by atoms with Crippen molar-refractivity contribution in [2.24, 2.45) is 0 Å². The van der Waals surface area contributed by atoms with Gasteiger partial charge >= 0.3 is 0 Å². The van der Waals surface area contributed by atoms with Gasteiger partial charge < -0.3 is 14.8 Å². The molecule has 2 aromatic heterocycles. The Hall–Kier alpha value is -3.48. The van der Waals surface area contributed by atoms with Crippen LogP contribution in [0.5, 0.6) is 17.5 Å². The van der Waals surface area contributed by atoms with Gasteiger partial charge in [0.05, 0.1) is 7.11 Å². The fourth-order valence-corrected chi connectivity index (χ4v) is 2.28. The number of hydrogen-bond donors (Lipinski definition) is 1. The monoisotopic (exact) mass is 353 g/mol. The van der Waals surface area contributed by atoms with Gasteiger partial charge in [0.25, 0.3) is 5.91 Å². The molecule has 1 N–H and O–H groups in total. The summed E-state index contributed by atoms with van der Waals surface area (Å²) in [6.07, 6.45) is 3.07. The number of methoxy groups -OCH3 is 1. The van der Waals surface area contributed by atoms with Crippen molar-refractivity contribution in [1.29, 1.82) is 0 Å². The lowest BCUT2D eigenvalue weighted by Crippen LogP contribution is -2.24. The summed E-state index contributed by atoms with van der Waals surface area (Å²) in [6, 6.07) is 12.8. The fraction of sp³-hybridized carbons (Fsp3) is 0.105. The highest BCUT2D eigenvalue weighted by molar-refractivity contribution is 5.96. The van der Waals surface area contributed by atoms with Gasteiger partial charge in [-0.1, -0.05) is 18.2 Å². The minimum absolute atomic E-state index is 0.0627. The molecule has 0 bridgehead atoms. The number of ether oxygens (including phenoxy) is 2. The topological polar surface area (TPSA) is 73.3 Å². The van der Waals surface area contributed by atoms with Crippen LogP contribution in [0.15, 0.2) is 60.9 Å². The van der Waals surface area contributed by atoms with Crippen LogP contribution in [0.2, 0.25) is 0 Å². The number of para-hydroxylation sites is 1. The molecule has 2 heterocycles. The van der Waals surface area contributed by atoms with E-state index in [-0.39, 0.29) is 30.0 Å². The Morgan fingerprint density at radius 2 is 1.77 bits per heavy atom. The molecule has 7 heteroatoms. The minimum atomic E-state index is -0.492. The van der Waals surface area contributed by atoms with Crippen LogP contribution in [0.25, 0.3) is 0 Å². The number of hydrogen-bond acceptors (Lipinski definition) is 5. The third-order valence-electron chi connectivity index (χ3n) is 3.54. The Morgan fingerprint density at radius 3 is 2.54 bits per heavy atom. The van der Waals surface area contributed by atoms with Gasteiger partial charge in [-0.3, -0.25) is 4.79 Å². The lowest BCUT2D eigenvalue weighted by Gasteiger charge is -2.12. The average Bonchev–Trinajstić information content (AvgIpc) is 2.68. The van der Waals surface area contributed by atoms with Crippen LogP contribution < -0.4 is 14.8 Å². The molecule has 3 rings (SSSR count). The van der Waals surface area contributed by atoms with Crippen molar-refractivity contribution < 1.29 is 18.7 Å². The number of amides is 1. The summed E-state index contributed by atoms with van der Waals surface area (Å²) >= 11 is 0. The van der Waals surface area contributed by atoms with Crippen molar-refractivity contribution in [3.05, 3.63) is 77.9 Å². The van der Waals surface area contributed by atoms with Gasteiger partial charge in [-0.15, -0.1) is 0 Å². The number of nitrogens with one attached hydrogen (secondary N) is 1. The molecule has 0 spiro atoms. The Labute approximate surface area is 149 Å². The molecule has 0 saturated carbocycles. The summed E-state index contributed by atoms with van der Waals surface area (Å²) in [6.45, 7) is 0.147. The van der Waals surface area contributed by atoms with E-state index in [0.29, 0.717) is 11.1 Å². The van der Waals surface area contributed by atoms with Crippen molar-refractivity contribution in [3.63, 3.8) is 0 Å². The Bertz CT molecular complexity index is 918. The zero-order valence-corrected chi connectivity index (χ0v) is 14.0. The molecule has 0 fully saturated rings. The van der Waals surface area contributed by atoms with Crippen LogP contribution in [0, 0.1) is 5.82 Å². The molecule has 26 heavy (non-hydrogen) atoms. The zero-order valence-electron chi connectivity index (χ0n) is 14.0. The number of carbonyl (C=O) groups is 1. The van der Waals surface area contributed by atoms with Crippen molar-refractivity contribution in [1.82, 2.24) is 15.3 Å². The highest BCUT2D eigenvalue weighted by atomic mass is 19.1. The summed E-state index contributed by atoms with van der Waals surface area (Å²) in [5.74, 6) is -0.327. The van der Waals surface area contributed by atoms with Crippen molar-refractivity contribution in [2.75, 3.05) is 7.11 Å². The Morgan fingerprint density at radius 1 is 1.04 bits per heavy atom. The Balaban J connectivity index is 1.75. The van der Waals surface area contributed by atoms with E-state index in [2.05, 4.69) is 15.3 Å². The van der Waals surface area contributed by atoms with E-state index in [1.807, 2.05) is 0 Å². The van der Waals surface area contributed by atoms with Crippen LogP contribution in [0.4, 0.5) is 4.39 Å². The normalized spacial score (nSPS) is 10.2. The molecule has 0 aliphatic carbocycles. The van der Waals surface area contributed by atoms with Gasteiger partial charge in [-0.2, -0.15) is 0 Å². The molecule has 1 amide bonds. The van der Waals surface area contributed by atoms with E-state index in [4.69, 9.17) is 9.47 Å². The molecule has 3 aromatic rings. The first-order chi connectivity index (χ1) is 12.7. The van der Waals surface area contributed by atoms with Gasteiger partial charge in [0.15, 0.2) is 11.6 Å².